The van der Waals surface area contributed by atoms with Crippen molar-refractivity contribution in [2.24, 2.45) is 17.6 Å². The molecule has 5 heteroatoms. The number of hydrogen-bond donors (Lipinski definition) is 1. The number of esters is 1. The fourth-order valence-corrected chi connectivity index (χ4v) is 2.66. The van der Waals surface area contributed by atoms with Crippen LogP contribution in [0.25, 0.3) is 0 Å². The van der Waals surface area contributed by atoms with Crippen molar-refractivity contribution in [1.82, 2.24) is 4.90 Å². The monoisotopic (exact) mass is 270 g/mol. The summed E-state index contributed by atoms with van der Waals surface area (Å²) < 4.78 is 4.65. The molecule has 1 rings (SSSR count). The molecule has 0 bridgehead atoms. The van der Waals surface area contributed by atoms with Gasteiger partial charge in [0.2, 0.25) is 5.91 Å². The third-order valence-corrected chi connectivity index (χ3v) is 3.88. The molecule has 0 spiro atoms. The first-order valence-electron chi connectivity index (χ1n) is 7.18. The standard InChI is InChI=1S/C14H26N2O3/c1-3-8-16(10-13(17)19-2)14(18)12-6-4-11(9-15)5-7-12/h11-12H,3-10,15H2,1-2H3. The lowest BCUT2D eigenvalue weighted by Crippen LogP contribution is -2.41. The van der Waals surface area contributed by atoms with Crippen molar-refractivity contribution in [2.45, 2.75) is 39.0 Å². The predicted molar refractivity (Wildman–Crippen MR) is 73.4 cm³/mol. The highest BCUT2D eigenvalue weighted by Crippen LogP contribution is 2.29. The molecule has 0 atom stereocenters. The van der Waals surface area contributed by atoms with Gasteiger partial charge in [-0.3, -0.25) is 9.59 Å². The number of methoxy groups -OCH3 is 1. The van der Waals surface area contributed by atoms with Crippen molar-refractivity contribution in [3.8, 4) is 0 Å². The molecule has 1 fully saturated rings. The topological polar surface area (TPSA) is 72.6 Å². The minimum absolute atomic E-state index is 0.0546. The quantitative estimate of drug-likeness (QED) is 0.735. The van der Waals surface area contributed by atoms with E-state index in [1.54, 1.807) is 4.90 Å². The van der Waals surface area contributed by atoms with Crippen LogP contribution in [0.3, 0.4) is 0 Å². The van der Waals surface area contributed by atoms with Crippen LogP contribution < -0.4 is 5.73 Å². The van der Waals surface area contributed by atoms with Gasteiger partial charge in [-0.15, -0.1) is 0 Å². The van der Waals surface area contributed by atoms with Crippen LogP contribution in [0.4, 0.5) is 0 Å². The average Bonchev–Trinajstić information content (AvgIpc) is 2.46. The van der Waals surface area contributed by atoms with E-state index >= 15 is 0 Å². The molecule has 1 aliphatic carbocycles. The Morgan fingerprint density at radius 3 is 2.37 bits per heavy atom. The Morgan fingerprint density at radius 2 is 1.89 bits per heavy atom. The van der Waals surface area contributed by atoms with Crippen molar-refractivity contribution in [3.05, 3.63) is 0 Å². The molecule has 110 valence electrons. The maximum atomic E-state index is 12.4. The molecule has 0 aromatic rings. The van der Waals surface area contributed by atoms with Crippen molar-refractivity contribution >= 4 is 11.9 Å². The molecule has 19 heavy (non-hydrogen) atoms. The second-order valence-electron chi connectivity index (χ2n) is 5.29. The van der Waals surface area contributed by atoms with Crippen molar-refractivity contribution in [1.29, 1.82) is 0 Å². The largest absolute Gasteiger partial charge is 0.468 e. The Morgan fingerprint density at radius 1 is 1.26 bits per heavy atom. The van der Waals surface area contributed by atoms with Gasteiger partial charge in [0.15, 0.2) is 0 Å². The number of hydrogen-bond acceptors (Lipinski definition) is 4. The fraction of sp³-hybridized carbons (Fsp3) is 0.857. The van der Waals surface area contributed by atoms with Gasteiger partial charge < -0.3 is 15.4 Å². The zero-order chi connectivity index (χ0) is 14.3. The lowest BCUT2D eigenvalue weighted by atomic mass is 9.81. The van der Waals surface area contributed by atoms with Gasteiger partial charge in [-0.05, 0) is 44.6 Å². The SMILES string of the molecule is CCCN(CC(=O)OC)C(=O)C1CCC(CN)CC1. The third-order valence-electron chi connectivity index (χ3n) is 3.88. The minimum Gasteiger partial charge on any atom is -0.468 e. The summed E-state index contributed by atoms with van der Waals surface area (Å²) in [7, 11) is 1.35. The van der Waals surface area contributed by atoms with E-state index in [4.69, 9.17) is 5.73 Å². The van der Waals surface area contributed by atoms with Gasteiger partial charge in [0.1, 0.15) is 6.54 Å². The van der Waals surface area contributed by atoms with Crippen LogP contribution in [0.2, 0.25) is 0 Å². The molecule has 1 amide bonds. The maximum absolute atomic E-state index is 12.4. The Kier molecular flexibility index (Phi) is 6.84. The van der Waals surface area contributed by atoms with E-state index in [0.29, 0.717) is 19.0 Å². The Bertz CT molecular complexity index is 299. The summed E-state index contributed by atoms with van der Waals surface area (Å²) >= 11 is 0. The summed E-state index contributed by atoms with van der Waals surface area (Å²) in [6.45, 7) is 3.40. The molecule has 0 saturated heterocycles. The lowest BCUT2D eigenvalue weighted by molar-refractivity contribution is -0.149. The van der Waals surface area contributed by atoms with Crippen LogP contribution in [0, 0.1) is 11.8 Å². The van der Waals surface area contributed by atoms with Crippen LogP contribution >= 0.6 is 0 Å². The van der Waals surface area contributed by atoms with Crippen LogP contribution in [0.1, 0.15) is 39.0 Å². The zero-order valence-electron chi connectivity index (χ0n) is 12.1. The minimum atomic E-state index is -0.350. The van der Waals surface area contributed by atoms with E-state index in [-0.39, 0.29) is 24.3 Å². The summed E-state index contributed by atoms with van der Waals surface area (Å²) in [5, 5.41) is 0. The highest BCUT2D eigenvalue weighted by atomic mass is 16.5. The van der Waals surface area contributed by atoms with Crippen molar-refractivity contribution in [2.75, 3.05) is 26.7 Å². The molecule has 0 aromatic heterocycles. The molecular formula is C14H26N2O3. The number of rotatable bonds is 6. The van der Waals surface area contributed by atoms with Gasteiger partial charge in [0.05, 0.1) is 7.11 Å². The highest BCUT2D eigenvalue weighted by Gasteiger charge is 2.29. The molecule has 5 nitrogen and oxygen atoms in total. The normalized spacial score (nSPS) is 22.9. The second kappa shape index (κ2) is 8.15. The van der Waals surface area contributed by atoms with Gasteiger partial charge in [-0.2, -0.15) is 0 Å². The smallest absolute Gasteiger partial charge is 0.325 e. The van der Waals surface area contributed by atoms with E-state index in [2.05, 4.69) is 4.74 Å². The van der Waals surface area contributed by atoms with Crippen LogP contribution in [-0.2, 0) is 14.3 Å². The number of carbonyl (C=O) groups is 2. The molecule has 0 aromatic carbocycles. The first-order chi connectivity index (χ1) is 9.12. The first kappa shape index (κ1) is 16.0. The van der Waals surface area contributed by atoms with Gasteiger partial charge in [-0.1, -0.05) is 6.92 Å². The second-order valence-corrected chi connectivity index (χ2v) is 5.29. The first-order valence-corrected chi connectivity index (χ1v) is 7.18. The van der Waals surface area contributed by atoms with E-state index in [0.717, 1.165) is 32.1 Å². The molecule has 1 aliphatic rings. The Hall–Kier alpha value is -1.10. The fourth-order valence-electron chi connectivity index (χ4n) is 2.66. The van der Waals surface area contributed by atoms with Crippen molar-refractivity contribution < 1.29 is 14.3 Å². The Balaban J connectivity index is 2.54. The zero-order valence-corrected chi connectivity index (χ0v) is 12.1. The van der Waals surface area contributed by atoms with E-state index in [9.17, 15) is 9.59 Å². The Labute approximate surface area is 115 Å². The maximum Gasteiger partial charge on any atom is 0.325 e. The number of carbonyl (C=O) groups excluding carboxylic acids is 2. The number of ether oxygens (including phenoxy) is 1. The number of nitrogens with zero attached hydrogens (tertiary/aromatic N) is 1. The van der Waals surface area contributed by atoms with Crippen LogP contribution in [0.5, 0.6) is 0 Å². The van der Waals surface area contributed by atoms with E-state index in [1.165, 1.54) is 7.11 Å². The van der Waals surface area contributed by atoms with E-state index < -0.39 is 0 Å². The van der Waals surface area contributed by atoms with Gasteiger partial charge in [0.25, 0.3) is 0 Å². The summed E-state index contributed by atoms with van der Waals surface area (Å²) in [6.07, 6.45) is 4.67. The summed E-state index contributed by atoms with van der Waals surface area (Å²) in [6, 6.07) is 0. The third kappa shape index (κ3) is 4.82. The van der Waals surface area contributed by atoms with Crippen LogP contribution in [-0.4, -0.2) is 43.5 Å². The number of nitrogens with two attached hydrogens (primary N) is 1. The summed E-state index contributed by atoms with van der Waals surface area (Å²) in [4.78, 5) is 25.4. The molecular weight excluding hydrogens is 244 g/mol. The molecule has 0 aliphatic heterocycles. The molecule has 0 radical (unpaired) electrons. The molecule has 2 N–H and O–H groups in total. The lowest BCUT2D eigenvalue weighted by Gasteiger charge is -2.31. The van der Waals surface area contributed by atoms with E-state index in [1.807, 2.05) is 6.92 Å². The van der Waals surface area contributed by atoms with Gasteiger partial charge >= 0.3 is 5.97 Å². The number of amides is 1. The molecule has 0 unspecified atom stereocenters. The van der Waals surface area contributed by atoms with Crippen LogP contribution in [0.15, 0.2) is 0 Å². The van der Waals surface area contributed by atoms with Gasteiger partial charge in [0, 0.05) is 12.5 Å². The summed E-state index contributed by atoms with van der Waals surface area (Å²) in [5.74, 6) is 0.364. The van der Waals surface area contributed by atoms with Gasteiger partial charge in [-0.25, -0.2) is 0 Å². The predicted octanol–water partition coefficient (Wildman–Crippen LogP) is 1.16. The molecule has 1 saturated carbocycles. The highest BCUT2D eigenvalue weighted by molar-refractivity contribution is 5.83. The summed E-state index contributed by atoms with van der Waals surface area (Å²) in [5.41, 5.74) is 5.66. The average molecular weight is 270 g/mol. The van der Waals surface area contributed by atoms with Crippen molar-refractivity contribution in [3.63, 3.8) is 0 Å². The molecule has 0 heterocycles.